The van der Waals surface area contributed by atoms with Crippen LogP contribution < -0.4 is 14.4 Å². The molecule has 35 heavy (non-hydrogen) atoms. The molecule has 1 aromatic heterocycles. The lowest BCUT2D eigenvalue weighted by Gasteiger charge is -2.36. The highest BCUT2D eigenvalue weighted by atomic mass is 32.2. The van der Waals surface area contributed by atoms with Gasteiger partial charge in [-0.1, -0.05) is 30.0 Å². The lowest BCUT2D eigenvalue weighted by Crippen LogP contribution is -2.49. The average molecular weight is 496 g/mol. The zero-order valence-corrected chi connectivity index (χ0v) is 20.0. The first-order chi connectivity index (χ1) is 17.1. The van der Waals surface area contributed by atoms with Crippen molar-refractivity contribution in [3.05, 3.63) is 72.8 Å². The summed E-state index contributed by atoms with van der Waals surface area (Å²) in [5, 5.41) is 9.32. The summed E-state index contributed by atoms with van der Waals surface area (Å²) in [6.45, 7) is 7.32. The van der Waals surface area contributed by atoms with Gasteiger partial charge >= 0.3 is 0 Å². The van der Waals surface area contributed by atoms with E-state index in [2.05, 4.69) is 21.7 Å². The second-order valence-electron chi connectivity index (χ2n) is 8.24. The van der Waals surface area contributed by atoms with Crippen LogP contribution in [0.25, 0.3) is 0 Å². The number of benzene rings is 2. The third-order valence-electron chi connectivity index (χ3n) is 6.00. The average Bonchev–Trinajstić information content (AvgIpc) is 3.30. The van der Waals surface area contributed by atoms with Crippen LogP contribution in [-0.4, -0.2) is 64.1 Å². The Morgan fingerprint density at radius 3 is 2.57 bits per heavy atom. The number of ether oxygens (including phenoxy) is 2. The number of allylic oxidation sites excluding steroid dienone is 1. The molecule has 0 unspecified atom stereocenters. The van der Waals surface area contributed by atoms with Crippen molar-refractivity contribution in [1.29, 1.82) is 0 Å². The molecular formula is C25H26FN5O3S. The molecule has 8 nitrogen and oxygen atoms in total. The summed E-state index contributed by atoms with van der Waals surface area (Å²) in [6, 6.07) is 14.0. The molecule has 1 amide bonds. The first kappa shape index (κ1) is 23.2. The zero-order valence-electron chi connectivity index (χ0n) is 19.2. The molecule has 0 aliphatic carbocycles. The molecule has 1 atom stereocenters. The van der Waals surface area contributed by atoms with E-state index in [0.717, 1.165) is 5.69 Å². The van der Waals surface area contributed by atoms with Crippen molar-refractivity contribution in [2.24, 2.45) is 0 Å². The van der Waals surface area contributed by atoms with Gasteiger partial charge in [-0.15, -0.1) is 16.8 Å². The molecule has 0 radical (unpaired) electrons. The molecule has 0 spiro atoms. The van der Waals surface area contributed by atoms with Gasteiger partial charge in [-0.05, 0) is 36.4 Å². The minimum atomic E-state index is -0.401. The molecule has 2 aromatic carbocycles. The number of hydrogen-bond donors (Lipinski definition) is 0. The number of fused-ring (bicyclic) bond motifs is 1. The summed E-state index contributed by atoms with van der Waals surface area (Å²) in [6.07, 6.45) is 1.37. The van der Waals surface area contributed by atoms with Crippen molar-refractivity contribution in [3.8, 4) is 11.5 Å². The van der Waals surface area contributed by atoms with Gasteiger partial charge in [0.05, 0.1) is 5.75 Å². The smallest absolute Gasteiger partial charge is 0.233 e. The normalized spacial score (nSPS) is 17.3. The van der Waals surface area contributed by atoms with Gasteiger partial charge in [-0.3, -0.25) is 9.36 Å². The Hall–Kier alpha value is -3.53. The fourth-order valence-electron chi connectivity index (χ4n) is 4.18. The first-order valence-electron chi connectivity index (χ1n) is 11.5. The Morgan fingerprint density at radius 1 is 1.09 bits per heavy atom. The number of hydrogen-bond acceptors (Lipinski definition) is 7. The fourth-order valence-corrected chi connectivity index (χ4v) is 5.03. The Labute approximate surface area is 207 Å². The van der Waals surface area contributed by atoms with E-state index in [1.807, 2.05) is 33.7 Å². The number of nitrogens with zero attached hydrogens (tertiary/aromatic N) is 5. The Kier molecular flexibility index (Phi) is 6.89. The number of carbonyl (C=O) groups excluding carboxylic acids is 1. The van der Waals surface area contributed by atoms with Crippen LogP contribution in [0.3, 0.4) is 0 Å². The van der Waals surface area contributed by atoms with Gasteiger partial charge in [0.2, 0.25) is 5.91 Å². The highest BCUT2D eigenvalue weighted by Crippen LogP contribution is 2.36. The molecule has 5 rings (SSSR count). The molecular weight excluding hydrogens is 469 g/mol. The van der Waals surface area contributed by atoms with Crippen LogP contribution in [0.15, 0.2) is 66.3 Å². The van der Waals surface area contributed by atoms with Gasteiger partial charge in [-0.25, -0.2) is 4.39 Å². The summed E-state index contributed by atoms with van der Waals surface area (Å²) in [4.78, 5) is 16.9. The molecule has 182 valence electrons. The van der Waals surface area contributed by atoms with Crippen LogP contribution in [0, 0.1) is 5.82 Å². The molecule has 2 aliphatic heterocycles. The van der Waals surface area contributed by atoms with E-state index in [0.29, 0.717) is 61.8 Å². The summed E-state index contributed by atoms with van der Waals surface area (Å²) in [5.41, 5.74) is 0.967. The molecule has 0 saturated carbocycles. The summed E-state index contributed by atoms with van der Waals surface area (Å²) >= 11 is 1.36. The molecule has 0 N–H and O–H groups in total. The van der Waals surface area contributed by atoms with Crippen LogP contribution in [0.5, 0.6) is 11.5 Å². The SMILES string of the molecule is C=CCn1c(SCC(=O)N2CCN(c3ccc(F)cc3)CC2)nnc1[C@@H]1COc2ccccc2O1. The summed E-state index contributed by atoms with van der Waals surface area (Å²) in [5.74, 6) is 2.08. The van der Waals surface area contributed by atoms with E-state index in [1.54, 1.807) is 18.2 Å². The number of rotatable bonds is 7. The maximum atomic E-state index is 13.2. The topological polar surface area (TPSA) is 72.7 Å². The minimum absolute atomic E-state index is 0.0506. The van der Waals surface area contributed by atoms with Crippen molar-refractivity contribution in [1.82, 2.24) is 19.7 Å². The number of para-hydroxylation sites is 2. The van der Waals surface area contributed by atoms with E-state index in [-0.39, 0.29) is 17.5 Å². The molecule has 0 bridgehead atoms. The summed E-state index contributed by atoms with van der Waals surface area (Å²) in [7, 11) is 0. The predicted octanol–water partition coefficient (Wildman–Crippen LogP) is 3.56. The number of aromatic nitrogens is 3. The van der Waals surface area contributed by atoms with E-state index < -0.39 is 6.10 Å². The number of carbonyl (C=O) groups is 1. The lowest BCUT2D eigenvalue weighted by molar-refractivity contribution is -0.128. The lowest BCUT2D eigenvalue weighted by atomic mass is 10.2. The van der Waals surface area contributed by atoms with E-state index in [4.69, 9.17) is 9.47 Å². The number of halogens is 1. The third kappa shape index (κ3) is 5.12. The van der Waals surface area contributed by atoms with Crippen LogP contribution >= 0.6 is 11.8 Å². The number of anilines is 1. The molecule has 1 saturated heterocycles. The third-order valence-corrected chi connectivity index (χ3v) is 6.95. The molecule has 3 heterocycles. The predicted molar refractivity (Wildman–Crippen MR) is 131 cm³/mol. The number of piperazine rings is 1. The van der Waals surface area contributed by atoms with Gasteiger partial charge in [0.15, 0.2) is 28.6 Å². The maximum absolute atomic E-state index is 13.2. The van der Waals surface area contributed by atoms with Gasteiger partial charge < -0.3 is 19.3 Å². The largest absolute Gasteiger partial charge is 0.485 e. The van der Waals surface area contributed by atoms with Gasteiger partial charge in [0.25, 0.3) is 0 Å². The second-order valence-corrected chi connectivity index (χ2v) is 9.18. The van der Waals surface area contributed by atoms with E-state index in [1.165, 1.54) is 23.9 Å². The van der Waals surface area contributed by atoms with Crippen LogP contribution in [0.4, 0.5) is 10.1 Å². The van der Waals surface area contributed by atoms with Crippen molar-refractivity contribution in [3.63, 3.8) is 0 Å². The van der Waals surface area contributed by atoms with Gasteiger partial charge in [0.1, 0.15) is 12.4 Å². The number of thioether (sulfide) groups is 1. The van der Waals surface area contributed by atoms with Crippen LogP contribution in [0.1, 0.15) is 11.9 Å². The van der Waals surface area contributed by atoms with Crippen molar-refractivity contribution in [2.75, 3.05) is 43.4 Å². The molecule has 3 aromatic rings. The quantitative estimate of drug-likeness (QED) is 0.367. The Morgan fingerprint density at radius 2 is 1.83 bits per heavy atom. The standard InChI is InChI=1S/C25H26FN5O3S/c1-2-11-31-24(22-16-33-20-5-3-4-6-21(20)34-22)27-28-25(31)35-17-23(32)30-14-12-29(13-15-30)19-9-7-18(26)8-10-19/h2-10,22H,1,11-17H2/t22-/m0/s1. The number of amides is 1. The Bertz CT molecular complexity index is 1190. The van der Waals surface area contributed by atoms with E-state index >= 15 is 0 Å². The fraction of sp³-hybridized carbons (Fsp3) is 0.320. The van der Waals surface area contributed by atoms with Gasteiger partial charge in [-0.2, -0.15) is 0 Å². The van der Waals surface area contributed by atoms with Crippen LogP contribution in [0.2, 0.25) is 0 Å². The maximum Gasteiger partial charge on any atom is 0.233 e. The minimum Gasteiger partial charge on any atom is -0.485 e. The molecule has 2 aliphatic rings. The highest BCUT2D eigenvalue weighted by Gasteiger charge is 2.29. The van der Waals surface area contributed by atoms with E-state index in [9.17, 15) is 9.18 Å². The van der Waals surface area contributed by atoms with Crippen LogP contribution in [-0.2, 0) is 11.3 Å². The van der Waals surface area contributed by atoms with Crippen molar-refractivity contribution in [2.45, 2.75) is 17.8 Å². The zero-order chi connectivity index (χ0) is 24.2. The van der Waals surface area contributed by atoms with Crippen molar-refractivity contribution < 1.29 is 18.7 Å². The second kappa shape index (κ2) is 10.4. The molecule has 10 heteroatoms. The summed E-state index contributed by atoms with van der Waals surface area (Å²) < 4.78 is 27.0. The Balaban J connectivity index is 1.19. The first-order valence-corrected chi connectivity index (χ1v) is 12.4. The van der Waals surface area contributed by atoms with Crippen molar-refractivity contribution >= 4 is 23.4 Å². The monoisotopic (exact) mass is 495 g/mol. The molecule has 1 fully saturated rings. The van der Waals surface area contributed by atoms with Gasteiger partial charge in [0, 0.05) is 38.4 Å². The highest BCUT2D eigenvalue weighted by molar-refractivity contribution is 7.99.